The minimum atomic E-state index is 0.431. The van der Waals surface area contributed by atoms with Gasteiger partial charge in [0.2, 0.25) is 0 Å². The Kier molecular flexibility index (Phi) is 4.66. The van der Waals surface area contributed by atoms with Crippen LogP contribution in [0.5, 0.6) is 0 Å². The molecule has 1 heterocycles. The van der Waals surface area contributed by atoms with E-state index in [0.717, 1.165) is 10.9 Å². The second kappa shape index (κ2) is 5.54. The fourth-order valence-electron chi connectivity index (χ4n) is 1.22. The third-order valence-corrected chi connectivity index (χ3v) is 3.34. The van der Waals surface area contributed by atoms with Crippen molar-refractivity contribution in [2.75, 3.05) is 6.54 Å². The highest BCUT2D eigenvalue weighted by Gasteiger charge is 2.02. The summed E-state index contributed by atoms with van der Waals surface area (Å²) in [5.41, 5.74) is 1.34. The lowest BCUT2D eigenvalue weighted by Crippen LogP contribution is -2.26. The fraction of sp³-hybridized carbons (Fsp3) is 0.455. The lowest BCUT2D eigenvalue weighted by Gasteiger charge is -2.12. The van der Waals surface area contributed by atoms with E-state index in [9.17, 15) is 0 Å². The summed E-state index contributed by atoms with van der Waals surface area (Å²) in [5.74, 6) is 0. The summed E-state index contributed by atoms with van der Waals surface area (Å²) in [6, 6.07) is 4.42. The molecule has 0 aliphatic rings. The Morgan fingerprint density at radius 2 is 2.36 bits per heavy atom. The van der Waals surface area contributed by atoms with Gasteiger partial charge < -0.3 is 5.32 Å². The highest BCUT2D eigenvalue weighted by Crippen LogP contribution is 2.23. The van der Waals surface area contributed by atoms with Gasteiger partial charge in [0.1, 0.15) is 0 Å². The largest absolute Gasteiger partial charge is 0.311 e. The molecule has 0 spiro atoms. The second-order valence-electron chi connectivity index (χ2n) is 3.31. The molecule has 1 nitrogen and oxygen atoms in total. The normalized spacial score (nSPS) is 14.4. The molecule has 0 saturated carbocycles. The van der Waals surface area contributed by atoms with E-state index in [1.54, 1.807) is 11.3 Å². The van der Waals surface area contributed by atoms with E-state index >= 15 is 0 Å². The second-order valence-corrected chi connectivity index (χ2v) is 5.06. The van der Waals surface area contributed by atoms with Crippen LogP contribution in [0.4, 0.5) is 0 Å². The summed E-state index contributed by atoms with van der Waals surface area (Å²) < 4.78 is 0.847. The predicted molar refractivity (Wildman–Crippen MR) is 66.1 cm³/mol. The zero-order valence-corrected chi connectivity index (χ0v) is 10.4. The van der Waals surface area contributed by atoms with Gasteiger partial charge in [0, 0.05) is 10.9 Å². The van der Waals surface area contributed by atoms with Gasteiger partial charge in [-0.05, 0) is 38.6 Å². The van der Waals surface area contributed by atoms with Crippen LogP contribution < -0.4 is 5.32 Å². The van der Waals surface area contributed by atoms with Crippen molar-refractivity contribution in [3.05, 3.63) is 26.9 Å². The van der Waals surface area contributed by atoms with Crippen molar-refractivity contribution in [2.45, 2.75) is 26.8 Å². The van der Waals surface area contributed by atoms with Gasteiger partial charge in [0.15, 0.2) is 0 Å². The fourth-order valence-corrected chi connectivity index (χ4v) is 2.29. The van der Waals surface area contributed by atoms with Crippen LogP contribution >= 0.6 is 22.9 Å². The van der Waals surface area contributed by atoms with Gasteiger partial charge in [-0.25, -0.2) is 0 Å². The molecule has 0 bridgehead atoms. The monoisotopic (exact) mass is 229 g/mol. The third-order valence-electron chi connectivity index (χ3n) is 2.16. The van der Waals surface area contributed by atoms with E-state index in [1.165, 1.54) is 10.5 Å². The van der Waals surface area contributed by atoms with Crippen LogP contribution in [0.25, 0.3) is 6.08 Å². The number of thiophene rings is 1. The Hall–Kier alpha value is -0.310. The van der Waals surface area contributed by atoms with Gasteiger partial charge in [0.25, 0.3) is 0 Å². The van der Waals surface area contributed by atoms with Crippen molar-refractivity contribution in [2.24, 2.45) is 0 Å². The summed E-state index contributed by atoms with van der Waals surface area (Å²) in [5, 5.41) is 3.38. The van der Waals surface area contributed by atoms with Crippen molar-refractivity contribution < 1.29 is 0 Å². The highest BCUT2D eigenvalue weighted by atomic mass is 35.5. The van der Waals surface area contributed by atoms with Gasteiger partial charge in [-0.1, -0.05) is 24.1 Å². The molecule has 1 atom stereocenters. The standard InChI is InChI=1S/C11H16ClNS/c1-4-13-9(3)8(2)7-10-5-6-11(12)14-10/h5-7,9,13H,4H2,1-3H3/b8-7+. The third kappa shape index (κ3) is 3.45. The van der Waals surface area contributed by atoms with Crippen LogP contribution in [0.3, 0.4) is 0 Å². The summed E-state index contributed by atoms with van der Waals surface area (Å²) in [6.07, 6.45) is 2.18. The molecule has 1 aromatic heterocycles. The average molecular weight is 230 g/mol. The van der Waals surface area contributed by atoms with E-state index in [-0.39, 0.29) is 0 Å². The number of rotatable bonds is 4. The Balaban J connectivity index is 2.67. The summed E-state index contributed by atoms with van der Waals surface area (Å²) in [4.78, 5) is 1.22. The first-order valence-electron chi connectivity index (χ1n) is 4.80. The van der Waals surface area contributed by atoms with E-state index in [1.807, 2.05) is 6.07 Å². The molecule has 1 aromatic rings. The Bertz CT molecular complexity index is 317. The van der Waals surface area contributed by atoms with Gasteiger partial charge >= 0.3 is 0 Å². The van der Waals surface area contributed by atoms with Crippen LogP contribution in [0.2, 0.25) is 4.34 Å². The van der Waals surface area contributed by atoms with Crippen LogP contribution in [0, 0.1) is 0 Å². The topological polar surface area (TPSA) is 12.0 Å². The molecule has 0 aliphatic carbocycles. The smallest absolute Gasteiger partial charge is 0.0934 e. The van der Waals surface area contributed by atoms with E-state index in [2.05, 4.69) is 38.2 Å². The lowest BCUT2D eigenvalue weighted by molar-refractivity contribution is 0.636. The number of halogens is 1. The molecule has 0 aliphatic heterocycles. The SMILES string of the molecule is CCNC(C)/C(C)=C/c1ccc(Cl)s1. The molecule has 14 heavy (non-hydrogen) atoms. The van der Waals surface area contributed by atoms with Crippen LogP contribution in [-0.4, -0.2) is 12.6 Å². The Morgan fingerprint density at radius 1 is 1.64 bits per heavy atom. The van der Waals surface area contributed by atoms with Crippen LogP contribution in [-0.2, 0) is 0 Å². The number of hydrogen-bond acceptors (Lipinski definition) is 2. The maximum Gasteiger partial charge on any atom is 0.0934 e. The van der Waals surface area contributed by atoms with Crippen LogP contribution in [0.15, 0.2) is 17.7 Å². The first kappa shape index (κ1) is 11.8. The maximum absolute atomic E-state index is 5.86. The van der Waals surface area contributed by atoms with Gasteiger partial charge in [0.05, 0.1) is 4.34 Å². The van der Waals surface area contributed by atoms with Crippen molar-refractivity contribution in [3.8, 4) is 0 Å². The number of hydrogen-bond donors (Lipinski definition) is 1. The molecule has 1 rings (SSSR count). The van der Waals surface area contributed by atoms with Crippen molar-refractivity contribution in [1.82, 2.24) is 5.32 Å². The molecule has 1 N–H and O–H groups in total. The quantitative estimate of drug-likeness (QED) is 0.828. The molecule has 0 aromatic carbocycles. The molecule has 78 valence electrons. The minimum Gasteiger partial charge on any atom is -0.311 e. The predicted octanol–water partition coefficient (Wildman–Crippen LogP) is 3.80. The van der Waals surface area contributed by atoms with Crippen molar-refractivity contribution in [1.29, 1.82) is 0 Å². The first-order valence-corrected chi connectivity index (χ1v) is 6.00. The minimum absolute atomic E-state index is 0.431. The van der Waals surface area contributed by atoms with E-state index < -0.39 is 0 Å². The molecule has 3 heteroatoms. The lowest BCUT2D eigenvalue weighted by atomic mass is 10.1. The zero-order chi connectivity index (χ0) is 10.6. The maximum atomic E-state index is 5.86. The Morgan fingerprint density at radius 3 is 2.86 bits per heavy atom. The molecule has 0 radical (unpaired) electrons. The summed E-state index contributed by atoms with van der Waals surface area (Å²) >= 11 is 7.47. The Labute approximate surface area is 94.8 Å². The number of likely N-dealkylation sites (N-methyl/N-ethyl adjacent to an activating group) is 1. The molecule has 0 amide bonds. The van der Waals surface area contributed by atoms with E-state index in [0.29, 0.717) is 6.04 Å². The summed E-state index contributed by atoms with van der Waals surface area (Å²) in [6.45, 7) is 7.43. The van der Waals surface area contributed by atoms with Gasteiger partial charge in [-0.2, -0.15) is 0 Å². The number of nitrogens with one attached hydrogen (secondary N) is 1. The molecular formula is C11H16ClNS. The van der Waals surface area contributed by atoms with Gasteiger partial charge in [-0.15, -0.1) is 11.3 Å². The molecule has 0 saturated heterocycles. The molecular weight excluding hydrogens is 214 g/mol. The zero-order valence-electron chi connectivity index (χ0n) is 8.80. The van der Waals surface area contributed by atoms with Crippen LogP contribution in [0.1, 0.15) is 25.6 Å². The molecule has 1 unspecified atom stereocenters. The van der Waals surface area contributed by atoms with Crippen molar-refractivity contribution >= 4 is 29.0 Å². The summed E-state index contributed by atoms with van der Waals surface area (Å²) in [7, 11) is 0. The average Bonchev–Trinajstić information content (AvgIpc) is 2.51. The van der Waals surface area contributed by atoms with E-state index in [4.69, 9.17) is 11.6 Å². The highest BCUT2D eigenvalue weighted by molar-refractivity contribution is 7.17. The van der Waals surface area contributed by atoms with Gasteiger partial charge in [-0.3, -0.25) is 0 Å². The first-order chi connectivity index (χ1) is 6.63. The van der Waals surface area contributed by atoms with Crippen molar-refractivity contribution in [3.63, 3.8) is 0 Å². The molecule has 0 fully saturated rings.